The van der Waals surface area contributed by atoms with E-state index in [0.29, 0.717) is 26.3 Å². The molecule has 0 radical (unpaired) electrons. The summed E-state index contributed by atoms with van der Waals surface area (Å²) in [5.74, 6) is 0.318. The molecule has 0 spiro atoms. The van der Waals surface area contributed by atoms with Crippen molar-refractivity contribution >= 4 is 48.8 Å². The number of hydrogen-bond donors (Lipinski definition) is 1. The van der Waals surface area contributed by atoms with Gasteiger partial charge in [0.05, 0.1) is 12.7 Å². The van der Waals surface area contributed by atoms with Crippen LogP contribution in [-0.2, 0) is 9.59 Å². The van der Waals surface area contributed by atoms with Crippen molar-refractivity contribution in [1.29, 1.82) is 0 Å². The monoisotopic (exact) mass is 564 g/mol. The summed E-state index contributed by atoms with van der Waals surface area (Å²) in [6.45, 7) is 4.81. The second-order valence-corrected chi connectivity index (χ2v) is 19.8. The Morgan fingerprint density at radius 1 is 1.38 bits per heavy atom. The molecule has 1 heterocycles. The van der Waals surface area contributed by atoms with Gasteiger partial charge >= 0.3 is 50.5 Å². The predicted octanol–water partition coefficient (Wildman–Crippen LogP) is -2.43. The van der Waals surface area contributed by atoms with Crippen LogP contribution >= 0.6 is 37.2 Å². The fraction of sp³-hybridized carbons (Fsp3) is 0.556. The van der Waals surface area contributed by atoms with Crippen LogP contribution in [0.25, 0.3) is 0 Å². The third-order valence-electron chi connectivity index (χ3n) is 1.83. The molecule has 1 N–H and O–H groups in total. The average Bonchev–Trinajstić information content (AvgIpc) is 2.51. The molecule has 0 saturated carbocycles. The van der Waals surface area contributed by atoms with Gasteiger partial charge in [0.2, 0.25) is 0 Å². The third-order valence-corrected chi connectivity index (χ3v) is 1.83. The molecule has 0 aromatic rings. The molecule has 0 fully saturated rings. The molecule has 1 atom stereocenters. The fourth-order valence-electron chi connectivity index (χ4n) is 1.41. The summed E-state index contributed by atoms with van der Waals surface area (Å²) in [7, 11) is 0. The number of Topliss-reactive ketones (excluding diaryl/α,β-unsaturated/α-hetero) is 2. The normalized spacial score (nSPS) is 18.2. The van der Waals surface area contributed by atoms with Crippen molar-refractivity contribution in [2.45, 2.75) is 13.8 Å². The van der Waals surface area contributed by atoms with Crippen molar-refractivity contribution in [3.05, 3.63) is 12.4 Å². The Bertz CT molecular complexity index is 247. The van der Waals surface area contributed by atoms with E-state index in [9.17, 15) is 9.59 Å². The Kier molecular flexibility index (Phi) is 10.6. The molecule has 94 valence electrons. The van der Waals surface area contributed by atoms with Crippen molar-refractivity contribution in [1.82, 2.24) is 4.90 Å². The third kappa shape index (κ3) is 9.10. The molecule has 0 bridgehead atoms. The summed E-state index contributed by atoms with van der Waals surface area (Å²) in [5.41, 5.74) is 0. The van der Waals surface area contributed by atoms with Gasteiger partial charge in [-0.3, -0.25) is 14.5 Å². The topological polar surface area (TPSA) is 41.8 Å². The van der Waals surface area contributed by atoms with Gasteiger partial charge in [0.1, 0.15) is 18.5 Å². The van der Waals surface area contributed by atoms with Gasteiger partial charge < -0.3 is 4.90 Å². The van der Waals surface area contributed by atoms with Crippen LogP contribution in [0.2, 0.25) is 0 Å². The number of nitrogens with one attached hydrogen (secondary N) is 1. The number of rotatable bonds is 4. The molecule has 1 rings (SSSR count). The van der Waals surface area contributed by atoms with Crippen molar-refractivity contribution in [2.75, 3.05) is 19.8 Å². The Morgan fingerprint density at radius 3 is 2.38 bits per heavy atom. The summed E-state index contributed by atoms with van der Waals surface area (Å²) < 4.78 is 0. The summed E-state index contributed by atoms with van der Waals surface area (Å²) in [6.07, 6.45) is 3.80. The average molecular weight is 564 g/mol. The SMILES string of the molecule is CC(=O)CN1C=C[NH+](CC(C)=O)C1.I[I-]I. The second-order valence-electron chi connectivity index (χ2n) is 3.51. The van der Waals surface area contributed by atoms with E-state index >= 15 is 0 Å². The van der Waals surface area contributed by atoms with Gasteiger partial charge in [0.15, 0.2) is 12.5 Å². The van der Waals surface area contributed by atoms with Crippen molar-refractivity contribution < 1.29 is 27.7 Å². The standard InChI is InChI=1S/C9H14N2O2.I3/c1-8(12)5-10-3-4-11(7-10)6-9(2)13;1-3-2/h3-4H,5-7H2,1-2H3;/q;-1/p+1. The van der Waals surface area contributed by atoms with Gasteiger partial charge in [-0.2, -0.15) is 0 Å². The molecular formula is C9H15I3N2O2. The zero-order valence-corrected chi connectivity index (χ0v) is 15.6. The van der Waals surface area contributed by atoms with E-state index in [2.05, 4.69) is 37.2 Å². The number of carbonyl (C=O) groups excluding carboxylic acids is 2. The van der Waals surface area contributed by atoms with E-state index < -0.39 is 0 Å². The van der Waals surface area contributed by atoms with Gasteiger partial charge in [-0.25, -0.2) is 0 Å². The molecule has 0 aromatic heterocycles. The summed E-state index contributed by atoms with van der Waals surface area (Å²) >= 11 is 5.30. The molecule has 4 nitrogen and oxygen atoms in total. The first-order chi connectivity index (χ1) is 7.49. The maximum absolute atomic E-state index is 10.8. The van der Waals surface area contributed by atoms with Gasteiger partial charge in [-0.1, -0.05) is 0 Å². The van der Waals surface area contributed by atoms with Crippen LogP contribution in [0.4, 0.5) is 0 Å². The van der Waals surface area contributed by atoms with Gasteiger partial charge in [0.25, 0.3) is 0 Å². The number of halogens is 3. The zero-order chi connectivity index (χ0) is 12.6. The number of ketones is 2. The first-order valence-corrected chi connectivity index (χ1v) is 17.2. The summed E-state index contributed by atoms with van der Waals surface area (Å²) in [5, 5.41) is 0. The Hall–Kier alpha value is 1.03. The van der Waals surface area contributed by atoms with E-state index in [1.165, 1.54) is 0 Å². The van der Waals surface area contributed by atoms with E-state index in [4.69, 9.17) is 0 Å². The maximum atomic E-state index is 10.8. The van der Waals surface area contributed by atoms with Crippen LogP contribution in [0.1, 0.15) is 13.8 Å². The van der Waals surface area contributed by atoms with Gasteiger partial charge in [0, 0.05) is 6.92 Å². The molecule has 0 aliphatic carbocycles. The minimum absolute atomic E-state index is 0.147. The minimum atomic E-state index is 0.147. The van der Waals surface area contributed by atoms with Crippen LogP contribution in [0.15, 0.2) is 12.4 Å². The number of quaternary nitrogens is 1. The molecule has 1 aliphatic rings. The second kappa shape index (κ2) is 10.00. The molecule has 16 heavy (non-hydrogen) atoms. The van der Waals surface area contributed by atoms with E-state index in [1.54, 1.807) is 13.8 Å². The fourth-order valence-corrected chi connectivity index (χ4v) is 1.41. The van der Waals surface area contributed by atoms with Crippen LogP contribution in [-0.4, -0.2) is 36.2 Å². The molecule has 0 aromatic carbocycles. The van der Waals surface area contributed by atoms with Crippen LogP contribution in [0.5, 0.6) is 0 Å². The summed E-state index contributed by atoms with van der Waals surface area (Å²) in [4.78, 5) is 24.6. The molecular weight excluding hydrogens is 549 g/mol. The van der Waals surface area contributed by atoms with Crippen LogP contribution in [0.3, 0.4) is 0 Å². The predicted molar refractivity (Wildman–Crippen MR) is 75.9 cm³/mol. The van der Waals surface area contributed by atoms with Crippen LogP contribution < -0.4 is 18.2 Å². The van der Waals surface area contributed by atoms with Crippen molar-refractivity contribution in [3.63, 3.8) is 0 Å². The van der Waals surface area contributed by atoms with Crippen molar-refractivity contribution in [3.8, 4) is 0 Å². The van der Waals surface area contributed by atoms with Crippen LogP contribution in [0, 0.1) is 0 Å². The number of nitrogens with zero attached hydrogens (tertiary/aromatic N) is 1. The molecule has 0 amide bonds. The van der Waals surface area contributed by atoms with Crippen molar-refractivity contribution in [2.24, 2.45) is 0 Å². The van der Waals surface area contributed by atoms with E-state index in [1.807, 2.05) is 17.3 Å². The Morgan fingerprint density at radius 2 is 1.94 bits per heavy atom. The first kappa shape index (κ1) is 17.0. The quantitative estimate of drug-likeness (QED) is 0.387. The molecule has 0 saturated heterocycles. The number of hydrogen-bond acceptors (Lipinski definition) is 3. The zero-order valence-electron chi connectivity index (χ0n) is 9.17. The Labute approximate surface area is 126 Å². The van der Waals surface area contributed by atoms with Gasteiger partial charge in [-0.15, -0.1) is 0 Å². The Balaban J connectivity index is 0.000000673. The van der Waals surface area contributed by atoms with E-state index in [0.717, 1.165) is 11.6 Å². The molecule has 1 aliphatic heterocycles. The first-order valence-electron chi connectivity index (χ1n) is 4.62. The van der Waals surface area contributed by atoms with Gasteiger partial charge in [-0.05, 0) is 6.92 Å². The number of carbonyl (C=O) groups is 2. The molecule has 7 heteroatoms. The summed E-state index contributed by atoms with van der Waals surface area (Å²) in [6, 6.07) is 0. The van der Waals surface area contributed by atoms with E-state index in [-0.39, 0.29) is 11.6 Å². The molecule has 1 unspecified atom stereocenters.